The highest BCUT2D eigenvalue weighted by Crippen LogP contribution is 2.16. The van der Waals surface area contributed by atoms with Gasteiger partial charge in [0.15, 0.2) is 0 Å². The van der Waals surface area contributed by atoms with Crippen LogP contribution in [0.5, 0.6) is 5.75 Å². The lowest BCUT2D eigenvalue weighted by Crippen LogP contribution is -2.00. The van der Waals surface area contributed by atoms with E-state index in [-0.39, 0.29) is 0 Å². The summed E-state index contributed by atoms with van der Waals surface area (Å²) in [6, 6.07) is 5.30. The molecule has 11 heavy (non-hydrogen) atoms. The number of nitrogens with two attached hydrogens (primary N) is 1. The summed E-state index contributed by atoms with van der Waals surface area (Å²) in [7, 11) is 0. The predicted octanol–water partition coefficient (Wildman–Crippen LogP) is 1.41. The highest BCUT2D eigenvalue weighted by atomic mass is 16.3. The van der Waals surface area contributed by atoms with Crippen LogP contribution in [0.1, 0.15) is 18.1 Å². The number of aromatic hydroxyl groups is 1. The van der Waals surface area contributed by atoms with Crippen molar-refractivity contribution in [2.24, 2.45) is 5.73 Å². The van der Waals surface area contributed by atoms with Crippen LogP contribution in [0.25, 0.3) is 0 Å². The van der Waals surface area contributed by atoms with Crippen molar-refractivity contribution in [3.8, 4) is 5.75 Å². The lowest BCUT2D eigenvalue weighted by molar-refractivity contribution is 0.474. The van der Waals surface area contributed by atoms with Gasteiger partial charge < -0.3 is 10.8 Å². The van der Waals surface area contributed by atoms with Crippen LogP contribution in [-0.2, 0) is 13.0 Å². The van der Waals surface area contributed by atoms with Crippen molar-refractivity contribution in [2.75, 3.05) is 0 Å². The fraction of sp³-hybridized carbons (Fsp3) is 0.333. The van der Waals surface area contributed by atoms with E-state index in [0.717, 1.165) is 17.5 Å². The van der Waals surface area contributed by atoms with Gasteiger partial charge in [-0.15, -0.1) is 0 Å². The van der Waals surface area contributed by atoms with E-state index in [0.29, 0.717) is 12.3 Å². The van der Waals surface area contributed by atoms with Gasteiger partial charge in [0.2, 0.25) is 0 Å². The Kier molecular flexibility index (Phi) is 2.49. The van der Waals surface area contributed by atoms with E-state index in [1.54, 1.807) is 12.1 Å². The molecule has 0 fully saturated rings. The molecule has 0 amide bonds. The average molecular weight is 151 g/mol. The summed E-state index contributed by atoms with van der Waals surface area (Å²) in [5.74, 6) is 0.319. The molecule has 0 atom stereocenters. The SMILES string of the molecule is CCc1cc(O)ccc1CN. The smallest absolute Gasteiger partial charge is 0.115 e. The molecule has 0 radical (unpaired) electrons. The molecule has 60 valence electrons. The van der Waals surface area contributed by atoms with Gasteiger partial charge in [-0.25, -0.2) is 0 Å². The van der Waals surface area contributed by atoms with E-state index in [4.69, 9.17) is 10.8 Å². The van der Waals surface area contributed by atoms with E-state index in [1.807, 2.05) is 13.0 Å². The number of phenols is 1. The molecule has 0 aromatic heterocycles. The van der Waals surface area contributed by atoms with Crippen LogP contribution in [0.15, 0.2) is 18.2 Å². The second-order valence-corrected chi connectivity index (χ2v) is 2.51. The van der Waals surface area contributed by atoms with E-state index < -0.39 is 0 Å². The summed E-state index contributed by atoms with van der Waals surface area (Å²) in [6.45, 7) is 2.59. The third-order valence-electron chi connectivity index (χ3n) is 1.79. The average Bonchev–Trinajstić information content (AvgIpc) is 2.04. The van der Waals surface area contributed by atoms with Crippen molar-refractivity contribution in [1.82, 2.24) is 0 Å². The number of phenolic OH excluding ortho intramolecular Hbond substituents is 1. The third-order valence-corrected chi connectivity index (χ3v) is 1.79. The molecule has 0 saturated carbocycles. The van der Waals surface area contributed by atoms with Crippen molar-refractivity contribution >= 4 is 0 Å². The van der Waals surface area contributed by atoms with Crippen molar-refractivity contribution in [3.63, 3.8) is 0 Å². The molecule has 1 aromatic rings. The fourth-order valence-electron chi connectivity index (χ4n) is 1.14. The minimum Gasteiger partial charge on any atom is -0.508 e. The van der Waals surface area contributed by atoms with Gasteiger partial charge >= 0.3 is 0 Å². The molecule has 0 unspecified atom stereocenters. The lowest BCUT2D eigenvalue weighted by Gasteiger charge is -2.04. The summed E-state index contributed by atoms with van der Waals surface area (Å²) < 4.78 is 0. The number of rotatable bonds is 2. The summed E-state index contributed by atoms with van der Waals surface area (Å²) >= 11 is 0. The molecule has 0 aliphatic rings. The number of aryl methyl sites for hydroxylation is 1. The van der Waals surface area contributed by atoms with Gasteiger partial charge in [0.05, 0.1) is 0 Å². The van der Waals surface area contributed by atoms with E-state index >= 15 is 0 Å². The Balaban J connectivity index is 3.06. The monoisotopic (exact) mass is 151 g/mol. The Labute approximate surface area is 66.7 Å². The van der Waals surface area contributed by atoms with Crippen molar-refractivity contribution in [1.29, 1.82) is 0 Å². The van der Waals surface area contributed by atoms with Gasteiger partial charge in [-0.05, 0) is 29.7 Å². The molecule has 0 spiro atoms. The predicted molar refractivity (Wildman–Crippen MR) is 45.4 cm³/mol. The quantitative estimate of drug-likeness (QED) is 0.671. The van der Waals surface area contributed by atoms with Crippen LogP contribution in [0.2, 0.25) is 0 Å². The van der Waals surface area contributed by atoms with Crippen molar-refractivity contribution < 1.29 is 5.11 Å². The van der Waals surface area contributed by atoms with Crippen LogP contribution < -0.4 is 5.73 Å². The molecule has 3 N–H and O–H groups in total. The van der Waals surface area contributed by atoms with E-state index in [9.17, 15) is 0 Å². The first-order chi connectivity index (χ1) is 5.27. The largest absolute Gasteiger partial charge is 0.508 e. The van der Waals surface area contributed by atoms with Crippen LogP contribution >= 0.6 is 0 Å². The van der Waals surface area contributed by atoms with Gasteiger partial charge in [0.1, 0.15) is 5.75 Å². The maximum Gasteiger partial charge on any atom is 0.115 e. The third kappa shape index (κ3) is 1.71. The Morgan fingerprint density at radius 3 is 2.64 bits per heavy atom. The summed E-state index contributed by atoms with van der Waals surface area (Å²) in [4.78, 5) is 0. The van der Waals surface area contributed by atoms with Crippen LogP contribution in [0.3, 0.4) is 0 Å². The highest BCUT2D eigenvalue weighted by Gasteiger charge is 1.98. The molecular formula is C9H13NO. The Morgan fingerprint density at radius 2 is 2.09 bits per heavy atom. The lowest BCUT2D eigenvalue weighted by atomic mass is 10.1. The molecule has 0 saturated heterocycles. The Bertz CT molecular complexity index is 245. The van der Waals surface area contributed by atoms with Crippen LogP contribution in [0.4, 0.5) is 0 Å². The Morgan fingerprint density at radius 1 is 1.36 bits per heavy atom. The fourth-order valence-corrected chi connectivity index (χ4v) is 1.14. The second kappa shape index (κ2) is 3.39. The topological polar surface area (TPSA) is 46.2 Å². The molecule has 0 bridgehead atoms. The summed E-state index contributed by atoms with van der Waals surface area (Å²) in [5.41, 5.74) is 7.74. The van der Waals surface area contributed by atoms with Gasteiger partial charge in [0, 0.05) is 6.54 Å². The minimum absolute atomic E-state index is 0.319. The molecular weight excluding hydrogens is 138 g/mol. The number of hydrogen-bond acceptors (Lipinski definition) is 2. The van der Waals surface area contributed by atoms with E-state index in [1.165, 1.54) is 0 Å². The molecule has 2 nitrogen and oxygen atoms in total. The van der Waals surface area contributed by atoms with Gasteiger partial charge in [0.25, 0.3) is 0 Å². The summed E-state index contributed by atoms with van der Waals surface area (Å²) in [5, 5.41) is 9.12. The first-order valence-electron chi connectivity index (χ1n) is 3.78. The number of benzene rings is 1. The van der Waals surface area contributed by atoms with E-state index in [2.05, 4.69) is 0 Å². The first kappa shape index (κ1) is 8.08. The van der Waals surface area contributed by atoms with Crippen LogP contribution in [-0.4, -0.2) is 5.11 Å². The Hall–Kier alpha value is -1.02. The molecule has 1 rings (SSSR count). The second-order valence-electron chi connectivity index (χ2n) is 2.51. The van der Waals surface area contributed by atoms with Gasteiger partial charge in [-0.1, -0.05) is 13.0 Å². The minimum atomic E-state index is 0.319. The molecule has 0 heterocycles. The highest BCUT2D eigenvalue weighted by molar-refractivity contribution is 5.34. The van der Waals surface area contributed by atoms with Crippen LogP contribution in [0, 0.1) is 0 Å². The van der Waals surface area contributed by atoms with Crippen molar-refractivity contribution in [2.45, 2.75) is 19.9 Å². The standard InChI is InChI=1S/C9H13NO/c1-2-7-5-9(11)4-3-8(7)6-10/h3-5,11H,2,6,10H2,1H3. The maximum atomic E-state index is 9.12. The summed E-state index contributed by atoms with van der Waals surface area (Å²) in [6.07, 6.45) is 0.918. The molecule has 0 aliphatic carbocycles. The number of hydrogen-bond donors (Lipinski definition) is 2. The van der Waals surface area contributed by atoms with Crippen molar-refractivity contribution in [3.05, 3.63) is 29.3 Å². The molecule has 0 aliphatic heterocycles. The zero-order chi connectivity index (χ0) is 8.27. The molecule has 1 aromatic carbocycles. The maximum absolute atomic E-state index is 9.12. The normalized spacial score (nSPS) is 10.0. The van der Waals surface area contributed by atoms with Gasteiger partial charge in [-0.3, -0.25) is 0 Å². The van der Waals surface area contributed by atoms with Gasteiger partial charge in [-0.2, -0.15) is 0 Å². The molecule has 2 heteroatoms. The zero-order valence-corrected chi connectivity index (χ0v) is 6.67. The zero-order valence-electron chi connectivity index (χ0n) is 6.67. The first-order valence-corrected chi connectivity index (χ1v) is 3.78.